The fraction of sp³-hybridized carbons (Fsp3) is 0.235. The van der Waals surface area contributed by atoms with E-state index in [-0.39, 0.29) is 11.3 Å². The average molecular weight is 298 g/mol. The van der Waals surface area contributed by atoms with Crippen molar-refractivity contribution >= 4 is 33.1 Å². The molecule has 0 unspecified atom stereocenters. The van der Waals surface area contributed by atoms with Gasteiger partial charge in [0.15, 0.2) is 0 Å². The molecule has 0 radical (unpaired) electrons. The van der Waals surface area contributed by atoms with Gasteiger partial charge in [-0.05, 0) is 40.6 Å². The van der Waals surface area contributed by atoms with Gasteiger partial charge in [0, 0.05) is 5.69 Å². The molecule has 21 heavy (non-hydrogen) atoms. The van der Waals surface area contributed by atoms with Gasteiger partial charge >= 0.3 is 0 Å². The normalized spacial score (nSPS) is 11.8. The van der Waals surface area contributed by atoms with Crippen LogP contribution in [0.1, 0.15) is 36.8 Å². The van der Waals surface area contributed by atoms with E-state index in [4.69, 9.17) is 0 Å². The highest BCUT2D eigenvalue weighted by molar-refractivity contribution is 7.17. The van der Waals surface area contributed by atoms with Crippen LogP contribution in [0.25, 0.3) is 10.2 Å². The summed E-state index contributed by atoms with van der Waals surface area (Å²) in [5.41, 5.74) is 3.78. The molecule has 0 saturated heterocycles. The van der Waals surface area contributed by atoms with E-state index in [1.54, 1.807) is 11.3 Å². The number of aromatic amines is 1. The average Bonchev–Trinajstić information content (AvgIpc) is 2.98. The van der Waals surface area contributed by atoms with E-state index in [0.29, 0.717) is 5.69 Å². The molecule has 108 valence electrons. The third kappa shape index (κ3) is 2.85. The van der Waals surface area contributed by atoms with Gasteiger partial charge in [-0.1, -0.05) is 32.9 Å². The lowest BCUT2D eigenvalue weighted by Crippen LogP contribution is -2.13. The lowest BCUT2D eigenvalue weighted by atomic mass is 9.87. The number of hydrogen-bond acceptors (Lipinski definition) is 2. The smallest absolute Gasteiger partial charge is 0.272 e. The molecule has 2 N–H and O–H groups in total. The third-order valence-corrected chi connectivity index (χ3v) is 4.36. The van der Waals surface area contributed by atoms with Gasteiger partial charge in [0.25, 0.3) is 5.91 Å². The Kier molecular flexibility index (Phi) is 3.33. The van der Waals surface area contributed by atoms with Crippen molar-refractivity contribution in [3.63, 3.8) is 0 Å². The fourth-order valence-corrected chi connectivity index (χ4v) is 3.01. The summed E-state index contributed by atoms with van der Waals surface area (Å²) in [5.74, 6) is -0.109. The molecule has 0 aliphatic rings. The Morgan fingerprint density at radius 2 is 1.86 bits per heavy atom. The zero-order valence-corrected chi connectivity index (χ0v) is 13.2. The molecule has 0 atom stereocenters. The minimum atomic E-state index is -0.109. The van der Waals surface area contributed by atoms with Gasteiger partial charge in [-0.2, -0.15) is 0 Å². The monoisotopic (exact) mass is 298 g/mol. The van der Waals surface area contributed by atoms with Crippen molar-refractivity contribution in [3.05, 3.63) is 53.0 Å². The highest BCUT2D eigenvalue weighted by atomic mass is 32.1. The van der Waals surface area contributed by atoms with Crippen LogP contribution in [0.5, 0.6) is 0 Å². The van der Waals surface area contributed by atoms with E-state index >= 15 is 0 Å². The molecule has 0 fully saturated rings. The Bertz CT molecular complexity index is 747. The lowest BCUT2D eigenvalue weighted by molar-refractivity contribution is 0.102. The number of anilines is 1. The van der Waals surface area contributed by atoms with Gasteiger partial charge in [0.1, 0.15) is 5.69 Å². The summed E-state index contributed by atoms with van der Waals surface area (Å²) in [6, 6.07) is 11.9. The van der Waals surface area contributed by atoms with Crippen LogP contribution >= 0.6 is 11.3 Å². The van der Waals surface area contributed by atoms with Gasteiger partial charge in [-0.25, -0.2) is 0 Å². The summed E-state index contributed by atoms with van der Waals surface area (Å²) < 4.78 is 1.10. The molecule has 3 rings (SSSR count). The van der Waals surface area contributed by atoms with Crippen molar-refractivity contribution in [3.8, 4) is 0 Å². The van der Waals surface area contributed by atoms with Crippen LogP contribution in [-0.2, 0) is 5.41 Å². The summed E-state index contributed by atoms with van der Waals surface area (Å²) in [5, 5.41) is 4.93. The van der Waals surface area contributed by atoms with Crippen molar-refractivity contribution in [1.29, 1.82) is 0 Å². The Balaban J connectivity index is 1.76. The van der Waals surface area contributed by atoms with Crippen molar-refractivity contribution in [2.45, 2.75) is 26.2 Å². The molecule has 1 aromatic carbocycles. The van der Waals surface area contributed by atoms with E-state index in [2.05, 4.69) is 43.2 Å². The quantitative estimate of drug-likeness (QED) is 0.702. The van der Waals surface area contributed by atoms with Crippen LogP contribution in [0.3, 0.4) is 0 Å². The summed E-state index contributed by atoms with van der Waals surface area (Å²) in [6.45, 7) is 6.52. The second kappa shape index (κ2) is 5.04. The molecule has 2 heterocycles. The first-order chi connectivity index (χ1) is 9.93. The number of carbonyl (C=O) groups is 1. The van der Waals surface area contributed by atoms with Gasteiger partial charge in [0.2, 0.25) is 0 Å². The number of carbonyl (C=O) groups excluding carboxylic acids is 1. The molecule has 1 amide bonds. The Morgan fingerprint density at radius 3 is 2.48 bits per heavy atom. The first kappa shape index (κ1) is 13.9. The van der Waals surface area contributed by atoms with E-state index in [1.807, 2.05) is 29.6 Å². The molecule has 0 bridgehead atoms. The van der Waals surface area contributed by atoms with Crippen molar-refractivity contribution in [2.24, 2.45) is 0 Å². The van der Waals surface area contributed by atoms with E-state index < -0.39 is 0 Å². The molecular weight excluding hydrogens is 280 g/mol. The number of nitrogens with one attached hydrogen (secondary N) is 2. The number of thiophene rings is 1. The standard InChI is InChI=1S/C17H18N2OS/c1-17(2,3)11-4-6-12(7-5-11)18-16(20)14-10-15-13(19-14)8-9-21-15/h4-10,19H,1-3H3,(H,18,20). The molecule has 3 nitrogen and oxygen atoms in total. The van der Waals surface area contributed by atoms with Gasteiger partial charge in [-0.3, -0.25) is 4.79 Å². The van der Waals surface area contributed by atoms with Crippen LogP contribution < -0.4 is 5.32 Å². The maximum atomic E-state index is 12.2. The molecule has 4 heteroatoms. The molecule has 0 aliphatic carbocycles. The molecule has 0 spiro atoms. The predicted octanol–water partition coefficient (Wildman–Crippen LogP) is 4.78. The number of hydrogen-bond donors (Lipinski definition) is 2. The van der Waals surface area contributed by atoms with Crippen molar-refractivity contribution in [1.82, 2.24) is 4.98 Å². The summed E-state index contributed by atoms with van der Waals surface area (Å²) in [4.78, 5) is 15.4. The Labute approximate surface area is 128 Å². The van der Waals surface area contributed by atoms with Crippen LogP contribution in [-0.4, -0.2) is 10.9 Å². The highest BCUT2D eigenvalue weighted by Gasteiger charge is 2.14. The number of H-pyrrole nitrogens is 1. The van der Waals surface area contributed by atoms with Gasteiger partial charge in [0.05, 0.1) is 10.2 Å². The topological polar surface area (TPSA) is 44.9 Å². The van der Waals surface area contributed by atoms with Crippen LogP contribution in [0.15, 0.2) is 41.8 Å². The summed E-state index contributed by atoms with van der Waals surface area (Å²) in [6.07, 6.45) is 0. The molecule has 2 aromatic heterocycles. The fourth-order valence-electron chi connectivity index (χ4n) is 2.22. The molecule has 0 aliphatic heterocycles. The number of rotatable bonds is 2. The Morgan fingerprint density at radius 1 is 1.14 bits per heavy atom. The second-order valence-electron chi connectivity index (χ2n) is 6.16. The zero-order chi connectivity index (χ0) is 15.0. The van der Waals surface area contributed by atoms with E-state index in [0.717, 1.165) is 15.9 Å². The SMILES string of the molecule is CC(C)(C)c1ccc(NC(=O)c2cc3sccc3[nH]2)cc1. The first-order valence-electron chi connectivity index (χ1n) is 6.91. The minimum absolute atomic E-state index is 0.109. The zero-order valence-electron chi connectivity index (χ0n) is 12.4. The van der Waals surface area contributed by atoms with Gasteiger partial charge in [-0.15, -0.1) is 11.3 Å². The maximum Gasteiger partial charge on any atom is 0.272 e. The number of benzene rings is 1. The first-order valence-corrected chi connectivity index (χ1v) is 7.79. The lowest BCUT2D eigenvalue weighted by Gasteiger charge is -2.19. The maximum absolute atomic E-state index is 12.2. The summed E-state index contributed by atoms with van der Waals surface area (Å²) >= 11 is 1.63. The largest absolute Gasteiger partial charge is 0.350 e. The Hall–Kier alpha value is -2.07. The molecular formula is C17H18N2OS. The minimum Gasteiger partial charge on any atom is -0.350 e. The predicted molar refractivity (Wildman–Crippen MR) is 89.3 cm³/mol. The van der Waals surface area contributed by atoms with E-state index in [9.17, 15) is 4.79 Å². The van der Waals surface area contributed by atoms with Crippen LogP contribution in [0.4, 0.5) is 5.69 Å². The number of aromatic nitrogens is 1. The van der Waals surface area contributed by atoms with Gasteiger partial charge < -0.3 is 10.3 Å². The van der Waals surface area contributed by atoms with E-state index in [1.165, 1.54) is 5.56 Å². The van der Waals surface area contributed by atoms with Crippen LogP contribution in [0, 0.1) is 0 Å². The third-order valence-electron chi connectivity index (χ3n) is 3.49. The number of fused-ring (bicyclic) bond motifs is 1. The van der Waals surface area contributed by atoms with Crippen LogP contribution in [0.2, 0.25) is 0 Å². The highest BCUT2D eigenvalue weighted by Crippen LogP contribution is 2.24. The molecule has 3 aromatic rings. The second-order valence-corrected chi connectivity index (χ2v) is 7.11. The molecule has 0 saturated carbocycles. The van der Waals surface area contributed by atoms with Crippen molar-refractivity contribution in [2.75, 3.05) is 5.32 Å². The number of amides is 1. The van der Waals surface area contributed by atoms with Crippen molar-refractivity contribution < 1.29 is 4.79 Å². The summed E-state index contributed by atoms with van der Waals surface area (Å²) in [7, 11) is 0.